The third kappa shape index (κ3) is 9.58. The minimum absolute atomic E-state index is 0.0418. The van der Waals surface area contributed by atoms with Gasteiger partial charge in [-0.05, 0) is 51.5 Å². The van der Waals surface area contributed by atoms with Crippen LogP contribution in [0.15, 0.2) is 71.3 Å². The molecule has 2 unspecified atom stereocenters. The number of aromatic nitrogens is 3. The van der Waals surface area contributed by atoms with Gasteiger partial charge in [-0.15, -0.1) is 11.8 Å². The first-order chi connectivity index (χ1) is 28.1. The molecule has 4 aromatic rings. The number of nitrogens with zero attached hydrogens (tertiary/aromatic N) is 5. The van der Waals surface area contributed by atoms with E-state index in [0.29, 0.717) is 16.9 Å². The summed E-state index contributed by atoms with van der Waals surface area (Å²) in [6, 6.07) is 11.4. The molecule has 0 aliphatic carbocycles. The largest absolute Gasteiger partial charge is 0.541 e. The number of carbonyl (C=O) groups excluding carboxylic acids is 5. The van der Waals surface area contributed by atoms with Gasteiger partial charge in [-0.3, -0.25) is 19.8 Å². The lowest BCUT2D eigenvalue weighted by atomic mass is 10.0. The molecule has 1 aromatic carbocycles. The molecule has 6 rings (SSSR count). The van der Waals surface area contributed by atoms with E-state index in [4.69, 9.17) is 43.5 Å². The number of anilines is 1. The number of fused-ring (bicyclic) bond motifs is 2. The van der Waals surface area contributed by atoms with Crippen LogP contribution >= 0.6 is 34.7 Å². The molecule has 0 saturated carbocycles. The second-order valence-corrected chi connectivity index (χ2v) is 16.6. The number of thiazole rings is 1. The molecule has 3 amide bonds. The van der Waals surface area contributed by atoms with E-state index in [-0.39, 0.29) is 39.8 Å². The molecule has 18 nitrogen and oxygen atoms in total. The van der Waals surface area contributed by atoms with Gasteiger partial charge in [0.25, 0.3) is 11.8 Å². The molecule has 2 N–H and O–H groups in total. The van der Waals surface area contributed by atoms with E-state index in [1.165, 1.54) is 23.6 Å². The summed E-state index contributed by atoms with van der Waals surface area (Å²) in [6.45, 7) is 6.42. The second-order valence-electron chi connectivity index (χ2n) is 13.9. The number of β-lactam (4-membered cyclic amide) rings is 1. The van der Waals surface area contributed by atoms with Gasteiger partial charge >= 0.3 is 26.1 Å². The number of ether oxygens (including phenoxy) is 3. The standard InChI is InChI=1S/C37H37BClN7O11S2/c1-19(33(49)56-38)57-43-26(25-29(39)59-35(41-25)42-36(51)55-37(2,3)4)30(47)40-27-31(48)46-28(34(50)54-17-20-9-11-22(52-5)12-10-20)21(18-58-32(27)46)16-44-14-7-8-24-23(44)13-15-45(24)53-6/h7-15,19,27,32H,16-18H2,1-6H3,(H-,40,41,42,47,51)/p+1/b43-26-/t19-,27?,32?/m0/s1. The van der Waals surface area contributed by atoms with Crippen LogP contribution in [0.5, 0.6) is 5.75 Å². The molecule has 2 aliphatic heterocycles. The van der Waals surface area contributed by atoms with Gasteiger partial charge in [-0.25, -0.2) is 19.4 Å². The maximum atomic E-state index is 14.1. The van der Waals surface area contributed by atoms with Crippen LogP contribution in [0.4, 0.5) is 9.93 Å². The highest BCUT2D eigenvalue weighted by molar-refractivity contribution is 8.00. The van der Waals surface area contributed by atoms with Crippen LogP contribution in [0.2, 0.25) is 4.34 Å². The molecule has 2 aliphatic rings. The average Bonchev–Trinajstić information content (AvgIpc) is 3.80. The van der Waals surface area contributed by atoms with E-state index in [1.54, 1.807) is 70.2 Å². The van der Waals surface area contributed by atoms with Gasteiger partial charge in [-0.2, -0.15) is 9.30 Å². The average molecular weight is 867 g/mol. The molecule has 0 spiro atoms. The summed E-state index contributed by atoms with van der Waals surface area (Å²) in [5, 5.41) is 8.13. The van der Waals surface area contributed by atoms with Crippen LogP contribution in [0.25, 0.3) is 11.0 Å². The van der Waals surface area contributed by atoms with Crippen LogP contribution in [0.1, 0.15) is 39.0 Å². The van der Waals surface area contributed by atoms with Crippen LogP contribution in [-0.4, -0.2) is 101 Å². The van der Waals surface area contributed by atoms with Crippen molar-refractivity contribution in [1.82, 2.24) is 19.9 Å². The first kappa shape index (κ1) is 42.8. The number of esters is 1. The van der Waals surface area contributed by atoms with Crippen LogP contribution in [-0.2, 0) is 51.3 Å². The molecular weight excluding hydrogens is 829 g/mol. The summed E-state index contributed by atoms with van der Waals surface area (Å²) in [5.74, 6) is -2.42. The third-order valence-corrected chi connectivity index (χ3v) is 11.2. The van der Waals surface area contributed by atoms with Crippen molar-refractivity contribution in [3.63, 3.8) is 0 Å². The predicted octanol–water partition coefficient (Wildman–Crippen LogP) is 3.29. The van der Waals surface area contributed by atoms with Crippen molar-refractivity contribution in [3.8, 4) is 5.75 Å². The van der Waals surface area contributed by atoms with Crippen molar-refractivity contribution < 1.29 is 57.1 Å². The highest BCUT2D eigenvalue weighted by atomic mass is 35.5. The molecule has 5 heterocycles. The number of hydrogen-bond acceptors (Lipinski definition) is 15. The molecule has 308 valence electrons. The van der Waals surface area contributed by atoms with Crippen LogP contribution in [0.3, 0.4) is 0 Å². The lowest BCUT2D eigenvalue weighted by Gasteiger charge is -2.49. The Morgan fingerprint density at radius 1 is 1.14 bits per heavy atom. The summed E-state index contributed by atoms with van der Waals surface area (Å²) in [7, 11) is 8.07. The van der Waals surface area contributed by atoms with Gasteiger partial charge in [0.15, 0.2) is 29.1 Å². The number of methoxy groups -OCH3 is 1. The van der Waals surface area contributed by atoms with E-state index in [9.17, 15) is 24.0 Å². The maximum Gasteiger partial charge on any atom is 0.413 e. The number of carbonyl (C=O) groups is 5. The van der Waals surface area contributed by atoms with E-state index in [1.807, 2.05) is 29.0 Å². The number of benzene rings is 1. The number of rotatable bonds is 14. The van der Waals surface area contributed by atoms with E-state index >= 15 is 0 Å². The quantitative estimate of drug-likeness (QED) is 0.0468. The van der Waals surface area contributed by atoms with Gasteiger partial charge in [0.2, 0.25) is 11.6 Å². The zero-order valence-electron chi connectivity index (χ0n) is 32.5. The topological polar surface area (TPSA) is 202 Å². The Hall–Kier alpha value is -5.80. The van der Waals surface area contributed by atoms with Crippen molar-refractivity contribution in [2.45, 2.75) is 64.0 Å². The van der Waals surface area contributed by atoms with Gasteiger partial charge < -0.3 is 33.9 Å². The number of nitrogens with one attached hydrogen (secondary N) is 2. The fourth-order valence-corrected chi connectivity index (χ4v) is 8.30. The number of pyridine rings is 1. The van der Waals surface area contributed by atoms with Crippen molar-refractivity contribution in [2.75, 3.05) is 25.3 Å². The molecular formula is C37H38BClN7O11S2+. The fraction of sp³-hybridized carbons (Fsp3) is 0.351. The number of halogens is 1. The Bertz CT molecular complexity index is 2350. The first-order valence-corrected chi connectivity index (χ1v) is 20.0. The molecule has 3 atom stereocenters. The monoisotopic (exact) mass is 866 g/mol. The highest BCUT2D eigenvalue weighted by Crippen LogP contribution is 2.41. The maximum absolute atomic E-state index is 14.1. The van der Waals surface area contributed by atoms with Crippen LogP contribution in [0, 0.1) is 0 Å². The minimum atomic E-state index is -1.37. The molecule has 59 heavy (non-hydrogen) atoms. The van der Waals surface area contributed by atoms with Gasteiger partial charge in [0.1, 0.15) is 52.2 Å². The summed E-state index contributed by atoms with van der Waals surface area (Å²) in [6.07, 6.45) is 1.40. The van der Waals surface area contributed by atoms with Gasteiger partial charge in [-0.1, -0.05) is 40.2 Å². The normalized spacial score (nSPS) is 17.0. The number of amides is 3. The molecule has 3 aromatic heterocycles. The summed E-state index contributed by atoms with van der Waals surface area (Å²) in [4.78, 5) is 82.7. The molecule has 0 bridgehead atoms. The highest BCUT2D eigenvalue weighted by Gasteiger charge is 2.55. The summed E-state index contributed by atoms with van der Waals surface area (Å²) < 4.78 is 23.9. The number of thioether (sulfide) groups is 1. The van der Waals surface area contributed by atoms with Gasteiger partial charge in [0.05, 0.1) is 13.3 Å². The second kappa shape index (κ2) is 18.0. The first-order valence-electron chi connectivity index (χ1n) is 17.7. The fourth-order valence-electron chi connectivity index (χ4n) is 5.94. The Morgan fingerprint density at radius 3 is 2.56 bits per heavy atom. The minimum Gasteiger partial charge on any atom is -0.541 e. The molecule has 2 radical (unpaired) electrons. The Morgan fingerprint density at radius 2 is 1.88 bits per heavy atom. The Kier molecular flexibility index (Phi) is 13.1. The SMILES string of the molecule is [B]OC(=O)[C@H](C)O/N=C(\C(=O)NC1C(=O)N2C(C(=O)OCc3ccc(OC)cc3)=C(C[n+]3cccc4c3ccn4OC)CSC12)c1nc(NC(=O)OC(C)(C)C)sc1Cl. The van der Waals surface area contributed by atoms with E-state index < -0.39 is 58.7 Å². The van der Waals surface area contributed by atoms with Crippen molar-refractivity contribution in [1.29, 1.82) is 0 Å². The lowest BCUT2D eigenvalue weighted by Crippen LogP contribution is -2.71. The third-order valence-electron chi connectivity index (χ3n) is 8.69. The molecule has 1 fully saturated rings. The Labute approximate surface area is 352 Å². The van der Waals surface area contributed by atoms with Gasteiger partial charge in [0, 0.05) is 23.5 Å². The summed E-state index contributed by atoms with van der Waals surface area (Å²) in [5.41, 5.74) is 1.32. The lowest BCUT2D eigenvalue weighted by molar-refractivity contribution is -0.663. The van der Waals surface area contributed by atoms with Crippen molar-refractivity contribution in [3.05, 3.63) is 81.7 Å². The van der Waals surface area contributed by atoms with E-state index in [2.05, 4.69) is 25.4 Å². The number of oxime groups is 1. The zero-order valence-corrected chi connectivity index (χ0v) is 34.9. The van der Waals surface area contributed by atoms with Crippen molar-refractivity contribution in [2.24, 2.45) is 5.16 Å². The molecule has 22 heteroatoms. The zero-order chi connectivity index (χ0) is 42.6. The smallest absolute Gasteiger partial charge is 0.413 e. The van der Waals surface area contributed by atoms with Crippen molar-refractivity contribution >= 4 is 94.5 Å². The van der Waals surface area contributed by atoms with E-state index in [0.717, 1.165) is 22.4 Å². The Balaban J connectivity index is 1.28. The van der Waals surface area contributed by atoms with Crippen LogP contribution < -0.4 is 24.8 Å². The predicted molar refractivity (Wildman–Crippen MR) is 215 cm³/mol. The molecule has 1 saturated heterocycles. The summed E-state index contributed by atoms with van der Waals surface area (Å²) >= 11 is 8.59. The number of hydrogen-bond donors (Lipinski definition) is 2.